The maximum Gasteiger partial charge on any atom is 0.196 e. The number of benzene rings is 3. The highest BCUT2D eigenvalue weighted by molar-refractivity contribution is 7.84. The summed E-state index contributed by atoms with van der Waals surface area (Å²) in [6.07, 6.45) is -0.347. The number of halogens is 3. The Labute approximate surface area is 187 Å². The highest BCUT2D eigenvalue weighted by Crippen LogP contribution is 2.32. The fourth-order valence-electron chi connectivity index (χ4n) is 3.65. The normalized spacial score (nSPS) is 18.1. The van der Waals surface area contributed by atoms with E-state index in [1.165, 1.54) is 24.3 Å². The summed E-state index contributed by atoms with van der Waals surface area (Å²) in [5.74, 6) is -0.932. The first-order valence-corrected chi connectivity index (χ1v) is 11.3. The highest BCUT2D eigenvalue weighted by Gasteiger charge is 2.32. The van der Waals surface area contributed by atoms with Crippen LogP contribution in [0.1, 0.15) is 17.0 Å². The zero-order valence-corrected chi connectivity index (χ0v) is 18.1. The van der Waals surface area contributed by atoms with Crippen molar-refractivity contribution in [1.82, 2.24) is 4.31 Å². The van der Waals surface area contributed by atoms with Crippen LogP contribution in [0, 0.1) is 11.6 Å². The number of rotatable bonds is 6. The molecule has 4 rings (SSSR count). The zero-order chi connectivity index (χ0) is 21.8. The Morgan fingerprint density at radius 1 is 0.935 bits per heavy atom. The summed E-state index contributed by atoms with van der Waals surface area (Å²) in [4.78, 5) is 0. The maximum atomic E-state index is 13.5. The van der Waals surface area contributed by atoms with E-state index in [9.17, 15) is 13.0 Å². The van der Waals surface area contributed by atoms with Crippen LogP contribution in [0.15, 0.2) is 72.8 Å². The van der Waals surface area contributed by atoms with E-state index < -0.39 is 11.2 Å². The lowest BCUT2D eigenvalue weighted by Crippen LogP contribution is -2.47. The van der Waals surface area contributed by atoms with Crippen molar-refractivity contribution in [2.75, 3.05) is 24.4 Å². The number of anilines is 1. The predicted octanol–water partition coefficient (Wildman–Crippen LogP) is 5.14. The number of hydrogen-bond donors (Lipinski definition) is 1. The summed E-state index contributed by atoms with van der Waals surface area (Å²) in [6.45, 7) is 1.26. The Bertz CT molecular complexity index is 987. The monoisotopic (exact) mass is 462 g/mol. The SMILES string of the molecule is O=S(Nc1ccc(Cl)cc1)N1CCOC(C(c2ccc(F)cc2)c2ccc(F)cc2)C1. The second-order valence-electron chi connectivity index (χ2n) is 7.24. The van der Waals surface area contributed by atoms with E-state index in [2.05, 4.69) is 4.72 Å². The van der Waals surface area contributed by atoms with Crippen LogP contribution in [0.25, 0.3) is 0 Å². The van der Waals surface area contributed by atoms with Gasteiger partial charge in [0.05, 0.1) is 12.7 Å². The molecule has 0 aromatic heterocycles. The third-order valence-corrected chi connectivity index (χ3v) is 6.63. The van der Waals surface area contributed by atoms with Gasteiger partial charge in [-0.3, -0.25) is 4.72 Å². The van der Waals surface area contributed by atoms with Gasteiger partial charge in [-0.25, -0.2) is 17.3 Å². The summed E-state index contributed by atoms with van der Waals surface area (Å²) in [5, 5.41) is 0.601. The largest absolute Gasteiger partial charge is 0.374 e. The topological polar surface area (TPSA) is 41.6 Å². The van der Waals surface area contributed by atoms with E-state index in [0.717, 1.165) is 11.1 Å². The van der Waals surface area contributed by atoms with Crippen molar-refractivity contribution in [2.45, 2.75) is 12.0 Å². The second-order valence-corrected chi connectivity index (χ2v) is 8.89. The molecule has 162 valence electrons. The van der Waals surface area contributed by atoms with Gasteiger partial charge in [-0.05, 0) is 59.7 Å². The molecule has 4 nitrogen and oxygen atoms in total. The smallest absolute Gasteiger partial charge is 0.196 e. The van der Waals surface area contributed by atoms with Gasteiger partial charge in [0.2, 0.25) is 0 Å². The number of hydrogen-bond acceptors (Lipinski definition) is 2. The van der Waals surface area contributed by atoms with Crippen LogP contribution in [-0.2, 0) is 15.9 Å². The minimum atomic E-state index is -1.48. The van der Waals surface area contributed by atoms with Gasteiger partial charge in [0.1, 0.15) is 11.6 Å². The van der Waals surface area contributed by atoms with Gasteiger partial charge in [0.25, 0.3) is 0 Å². The minimum absolute atomic E-state index is 0.267. The summed E-state index contributed by atoms with van der Waals surface area (Å²) in [5.41, 5.74) is 2.38. The molecule has 0 amide bonds. The quantitative estimate of drug-likeness (QED) is 0.551. The van der Waals surface area contributed by atoms with Crippen molar-refractivity contribution in [2.24, 2.45) is 0 Å². The van der Waals surface area contributed by atoms with E-state index in [4.69, 9.17) is 16.3 Å². The van der Waals surface area contributed by atoms with Gasteiger partial charge >= 0.3 is 0 Å². The molecule has 1 N–H and O–H groups in total. The van der Waals surface area contributed by atoms with Gasteiger partial charge in [0, 0.05) is 29.7 Å². The summed E-state index contributed by atoms with van der Waals surface area (Å²) in [6, 6.07) is 19.4. The molecule has 0 radical (unpaired) electrons. The van der Waals surface area contributed by atoms with E-state index in [1.807, 2.05) is 0 Å². The first-order chi connectivity index (χ1) is 15.0. The Morgan fingerprint density at radius 3 is 2.03 bits per heavy atom. The zero-order valence-electron chi connectivity index (χ0n) is 16.5. The Hall–Kier alpha value is -2.32. The summed E-state index contributed by atoms with van der Waals surface area (Å²) in [7, 11) is 0. The molecule has 3 aromatic carbocycles. The lowest BCUT2D eigenvalue weighted by atomic mass is 9.86. The van der Waals surface area contributed by atoms with Gasteiger partial charge in [-0.1, -0.05) is 35.9 Å². The van der Waals surface area contributed by atoms with Crippen LogP contribution in [0.3, 0.4) is 0 Å². The average Bonchev–Trinajstić information content (AvgIpc) is 2.78. The lowest BCUT2D eigenvalue weighted by Gasteiger charge is -2.36. The Morgan fingerprint density at radius 2 is 1.48 bits per heavy atom. The fourth-order valence-corrected chi connectivity index (χ4v) is 4.76. The minimum Gasteiger partial charge on any atom is -0.374 e. The van der Waals surface area contributed by atoms with Crippen LogP contribution in [-0.4, -0.2) is 34.3 Å². The van der Waals surface area contributed by atoms with E-state index in [0.29, 0.717) is 30.4 Å². The van der Waals surface area contributed by atoms with Crippen LogP contribution < -0.4 is 4.72 Å². The third kappa shape index (κ3) is 5.49. The third-order valence-electron chi connectivity index (χ3n) is 5.17. The molecule has 2 atom stereocenters. The van der Waals surface area contributed by atoms with Crippen molar-refractivity contribution in [3.63, 3.8) is 0 Å². The lowest BCUT2D eigenvalue weighted by molar-refractivity contribution is -0.00838. The van der Waals surface area contributed by atoms with Crippen molar-refractivity contribution in [1.29, 1.82) is 0 Å². The Kier molecular flexibility index (Phi) is 6.97. The van der Waals surface area contributed by atoms with E-state index in [-0.39, 0.29) is 23.7 Å². The summed E-state index contributed by atoms with van der Waals surface area (Å²) < 4.78 is 50.7. The molecule has 31 heavy (non-hydrogen) atoms. The van der Waals surface area contributed by atoms with Gasteiger partial charge < -0.3 is 4.74 Å². The molecule has 1 aliphatic heterocycles. The molecular formula is C23H21ClF2N2O2S. The average molecular weight is 463 g/mol. The van der Waals surface area contributed by atoms with Crippen molar-refractivity contribution in [3.8, 4) is 0 Å². The van der Waals surface area contributed by atoms with Crippen LogP contribution in [0.4, 0.5) is 14.5 Å². The number of nitrogens with one attached hydrogen (secondary N) is 1. The molecule has 2 unspecified atom stereocenters. The molecule has 1 saturated heterocycles. The van der Waals surface area contributed by atoms with Crippen molar-refractivity contribution >= 4 is 28.5 Å². The second kappa shape index (κ2) is 9.87. The Balaban J connectivity index is 1.56. The van der Waals surface area contributed by atoms with Crippen LogP contribution in [0.2, 0.25) is 5.02 Å². The first kappa shape index (κ1) is 21.9. The standard InChI is InChI=1S/C23H21ClF2N2O2S/c24-18-5-11-21(12-6-18)27-31(29)28-13-14-30-22(15-28)23(16-1-7-19(25)8-2-16)17-3-9-20(26)10-4-17/h1-12,22-23,27H,13-15H2. The predicted molar refractivity (Wildman–Crippen MR) is 119 cm³/mol. The number of morpholine rings is 1. The van der Waals surface area contributed by atoms with Crippen molar-refractivity contribution in [3.05, 3.63) is 101 Å². The molecule has 0 bridgehead atoms. The molecule has 8 heteroatoms. The van der Waals surface area contributed by atoms with Crippen LogP contribution in [0.5, 0.6) is 0 Å². The molecule has 0 saturated carbocycles. The maximum absolute atomic E-state index is 13.5. The van der Waals surface area contributed by atoms with Crippen molar-refractivity contribution < 1.29 is 17.7 Å². The summed E-state index contributed by atoms with van der Waals surface area (Å²) >= 11 is 4.43. The highest BCUT2D eigenvalue weighted by atomic mass is 35.5. The van der Waals surface area contributed by atoms with E-state index >= 15 is 0 Å². The molecular weight excluding hydrogens is 442 g/mol. The molecule has 3 aromatic rings. The van der Waals surface area contributed by atoms with Gasteiger partial charge in [-0.15, -0.1) is 0 Å². The molecule has 0 aliphatic carbocycles. The number of nitrogens with zero attached hydrogens (tertiary/aromatic N) is 1. The van der Waals surface area contributed by atoms with Gasteiger partial charge in [-0.2, -0.15) is 0 Å². The van der Waals surface area contributed by atoms with Crippen LogP contribution >= 0.6 is 11.6 Å². The first-order valence-electron chi connectivity index (χ1n) is 9.81. The molecule has 1 heterocycles. The molecule has 1 aliphatic rings. The molecule has 1 fully saturated rings. The fraction of sp³-hybridized carbons (Fsp3) is 0.217. The molecule has 0 spiro atoms. The number of ether oxygens (including phenoxy) is 1. The van der Waals surface area contributed by atoms with Gasteiger partial charge in [0.15, 0.2) is 11.2 Å². The van der Waals surface area contributed by atoms with E-state index in [1.54, 1.807) is 52.8 Å².